The van der Waals surface area contributed by atoms with E-state index in [1.165, 1.54) is 10.5 Å². The molecule has 0 unspecified atom stereocenters. The van der Waals surface area contributed by atoms with Gasteiger partial charge in [0.1, 0.15) is 11.6 Å². The first-order chi connectivity index (χ1) is 11.7. The summed E-state index contributed by atoms with van der Waals surface area (Å²) in [4.78, 5) is 32.1. The zero-order valence-corrected chi connectivity index (χ0v) is 15.7. The molecule has 1 aliphatic heterocycles. The molecule has 1 heterocycles. The van der Waals surface area contributed by atoms with E-state index in [1.54, 1.807) is 34.9 Å². The zero-order valence-electron chi connectivity index (χ0n) is 15.7. The van der Waals surface area contributed by atoms with Gasteiger partial charge in [0.15, 0.2) is 0 Å². The second-order valence-corrected chi connectivity index (χ2v) is 7.54. The third-order valence-electron chi connectivity index (χ3n) is 3.93. The predicted molar refractivity (Wildman–Crippen MR) is 94.8 cm³/mol. The van der Waals surface area contributed by atoms with E-state index < -0.39 is 17.7 Å². The van der Waals surface area contributed by atoms with Crippen LogP contribution in [0, 0.1) is 0 Å². The highest BCUT2D eigenvalue weighted by Gasteiger charge is 2.43. The average Bonchev–Trinajstić information content (AvgIpc) is 2.96. The van der Waals surface area contributed by atoms with Crippen LogP contribution in [0.4, 0.5) is 4.79 Å². The number of rotatable bonds is 4. The van der Waals surface area contributed by atoms with Crippen molar-refractivity contribution in [3.8, 4) is 0 Å². The maximum atomic E-state index is 12.4. The monoisotopic (exact) mass is 348 g/mol. The van der Waals surface area contributed by atoms with Crippen molar-refractivity contribution < 1.29 is 19.2 Å². The van der Waals surface area contributed by atoms with Gasteiger partial charge in [0.25, 0.3) is 0 Å². The van der Waals surface area contributed by atoms with Crippen LogP contribution in [0.15, 0.2) is 30.3 Å². The Labute approximate surface area is 149 Å². The Balaban J connectivity index is 2.05. The van der Waals surface area contributed by atoms with Crippen LogP contribution in [0.3, 0.4) is 0 Å². The summed E-state index contributed by atoms with van der Waals surface area (Å²) >= 11 is 0. The summed E-state index contributed by atoms with van der Waals surface area (Å²) in [6, 6.07) is 9.44. The van der Waals surface area contributed by atoms with Crippen molar-refractivity contribution >= 4 is 12.0 Å². The van der Waals surface area contributed by atoms with Crippen molar-refractivity contribution in [3.63, 3.8) is 0 Å². The SMILES string of the molecule is CN(C)C(=O)[C@@H]1C[C@H](CCc2ccccc2)ON1C(=O)OC(C)(C)C. The lowest BCUT2D eigenvalue weighted by atomic mass is 10.0. The van der Waals surface area contributed by atoms with Crippen LogP contribution in [0.1, 0.15) is 39.2 Å². The number of likely N-dealkylation sites (N-methyl/N-ethyl adjacent to an activating group) is 1. The van der Waals surface area contributed by atoms with Crippen molar-refractivity contribution in [2.45, 2.75) is 57.8 Å². The first-order valence-corrected chi connectivity index (χ1v) is 8.61. The van der Waals surface area contributed by atoms with Crippen LogP contribution in [-0.2, 0) is 20.8 Å². The first kappa shape index (κ1) is 19.2. The molecule has 0 N–H and O–H groups in total. The Kier molecular flexibility index (Phi) is 6.06. The van der Waals surface area contributed by atoms with Gasteiger partial charge < -0.3 is 9.64 Å². The fourth-order valence-electron chi connectivity index (χ4n) is 2.74. The van der Waals surface area contributed by atoms with Gasteiger partial charge in [-0.15, -0.1) is 0 Å². The quantitative estimate of drug-likeness (QED) is 0.839. The molecule has 6 nitrogen and oxygen atoms in total. The van der Waals surface area contributed by atoms with Crippen molar-refractivity contribution in [1.29, 1.82) is 0 Å². The molecule has 0 saturated carbocycles. The molecule has 1 aromatic rings. The second-order valence-electron chi connectivity index (χ2n) is 7.54. The predicted octanol–water partition coefficient (Wildman–Crippen LogP) is 3.02. The molecule has 138 valence electrons. The summed E-state index contributed by atoms with van der Waals surface area (Å²) in [5.74, 6) is -0.159. The number of hydrogen-bond acceptors (Lipinski definition) is 4. The van der Waals surface area contributed by atoms with E-state index in [0.29, 0.717) is 6.42 Å². The average molecular weight is 348 g/mol. The minimum atomic E-state index is -0.648. The molecule has 0 radical (unpaired) electrons. The maximum Gasteiger partial charge on any atom is 0.435 e. The van der Waals surface area contributed by atoms with E-state index in [-0.39, 0.29) is 12.0 Å². The van der Waals surface area contributed by atoms with Crippen LogP contribution >= 0.6 is 0 Å². The second kappa shape index (κ2) is 7.87. The van der Waals surface area contributed by atoms with Gasteiger partial charge in [-0.1, -0.05) is 30.3 Å². The standard InChI is InChI=1S/C19H28N2O4/c1-19(2,3)24-18(23)21-16(17(22)20(4)5)13-15(25-21)12-11-14-9-7-6-8-10-14/h6-10,15-16H,11-13H2,1-5H3/t15-,16-/m0/s1. The lowest BCUT2D eigenvalue weighted by molar-refractivity contribution is -0.165. The summed E-state index contributed by atoms with van der Waals surface area (Å²) in [6.07, 6.45) is 1.23. The number of amides is 2. The van der Waals surface area contributed by atoms with E-state index in [9.17, 15) is 9.59 Å². The van der Waals surface area contributed by atoms with Gasteiger partial charge in [0, 0.05) is 20.5 Å². The number of hydroxylamine groups is 2. The zero-order chi connectivity index (χ0) is 18.6. The number of hydrogen-bond donors (Lipinski definition) is 0. The molecule has 1 saturated heterocycles. The normalized spacial score (nSPS) is 20.4. The van der Waals surface area contributed by atoms with Gasteiger partial charge in [-0.3, -0.25) is 9.63 Å². The fraction of sp³-hybridized carbons (Fsp3) is 0.579. The Morgan fingerprint density at radius 1 is 1.24 bits per heavy atom. The summed E-state index contributed by atoms with van der Waals surface area (Å²) in [7, 11) is 3.35. The molecule has 2 amide bonds. The van der Waals surface area contributed by atoms with Crippen molar-refractivity contribution in [2.24, 2.45) is 0 Å². The number of ether oxygens (including phenoxy) is 1. The third kappa shape index (κ3) is 5.46. The van der Waals surface area contributed by atoms with E-state index in [1.807, 2.05) is 18.2 Å². The van der Waals surface area contributed by atoms with Crippen LogP contribution in [0.25, 0.3) is 0 Å². The van der Waals surface area contributed by atoms with Gasteiger partial charge in [0.05, 0.1) is 6.10 Å². The topological polar surface area (TPSA) is 59.1 Å². The molecule has 0 aliphatic carbocycles. The van der Waals surface area contributed by atoms with Gasteiger partial charge in [-0.25, -0.2) is 4.79 Å². The van der Waals surface area contributed by atoms with Gasteiger partial charge in [0.2, 0.25) is 5.91 Å². The highest BCUT2D eigenvalue weighted by atomic mass is 16.7. The summed E-state index contributed by atoms with van der Waals surface area (Å²) < 4.78 is 5.38. The minimum Gasteiger partial charge on any atom is -0.442 e. The molecule has 1 aliphatic rings. The highest BCUT2D eigenvalue weighted by Crippen LogP contribution is 2.27. The number of aryl methyl sites for hydroxylation is 1. The number of carbonyl (C=O) groups is 2. The molecule has 0 bridgehead atoms. The largest absolute Gasteiger partial charge is 0.442 e. The number of carbonyl (C=O) groups excluding carboxylic acids is 2. The summed E-state index contributed by atoms with van der Waals surface area (Å²) in [6.45, 7) is 5.36. The maximum absolute atomic E-state index is 12.4. The molecule has 1 aromatic carbocycles. The van der Waals surface area contributed by atoms with Crippen molar-refractivity contribution in [2.75, 3.05) is 14.1 Å². The molecule has 2 atom stereocenters. The Morgan fingerprint density at radius 2 is 1.88 bits per heavy atom. The molecule has 2 rings (SSSR count). The molecule has 0 aromatic heterocycles. The smallest absolute Gasteiger partial charge is 0.435 e. The highest BCUT2D eigenvalue weighted by molar-refractivity contribution is 5.85. The Morgan fingerprint density at radius 3 is 2.44 bits per heavy atom. The number of benzene rings is 1. The minimum absolute atomic E-state index is 0.159. The fourth-order valence-corrected chi connectivity index (χ4v) is 2.74. The molecular formula is C19H28N2O4. The van der Waals surface area contributed by atoms with Crippen molar-refractivity contribution in [1.82, 2.24) is 9.96 Å². The molecule has 1 fully saturated rings. The van der Waals surface area contributed by atoms with Crippen LogP contribution < -0.4 is 0 Å². The molecule has 0 spiro atoms. The van der Waals surface area contributed by atoms with Gasteiger partial charge in [-0.2, -0.15) is 5.06 Å². The Hall–Kier alpha value is -2.08. The molecular weight excluding hydrogens is 320 g/mol. The van der Waals surface area contributed by atoms with E-state index >= 15 is 0 Å². The molecule has 6 heteroatoms. The van der Waals surface area contributed by atoms with Crippen LogP contribution in [-0.4, -0.2) is 53.8 Å². The lowest BCUT2D eigenvalue weighted by Gasteiger charge is -2.27. The summed E-state index contributed by atoms with van der Waals surface area (Å²) in [5, 5.41) is 1.11. The van der Waals surface area contributed by atoms with E-state index in [0.717, 1.165) is 17.9 Å². The van der Waals surface area contributed by atoms with E-state index in [4.69, 9.17) is 9.57 Å². The number of nitrogens with zero attached hydrogens (tertiary/aromatic N) is 2. The Bertz CT molecular complexity index is 595. The van der Waals surface area contributed by atoms with Crippen LogP contribution in [0.5, 0.6) is 0 Å². The van der Waals surface area contributed by atoms with Crippen molar-refractivity contribution in [3.05, 3.63) is 35.9 Å². The lowest BCUT2D eigenvalue weighted by Crippen LogP contribution is -2.46. The molecule has 25 heavy (non-hydrogen) atoms. The van der Waals surface area contributed by atoms with E-state index in [2.05, 4.69) is 12.1 Å². The summed E-state index contributed by atoms with van der Waals surface area (Å²) in [5.41, 5.74) is 0.561. The van der Waals surface area contributed by atoms with Crippen LogP contribution in [0.2, 0.25) is 0 Å². The van der Waals surface area contributed by atoms with Gasteiger partial charge >= 0.3 is 6.09 Å². The third-order valence-corrected chi connectivity index (χ3v) is 3.93. The first-order valence-electron chi connectivity index (χ1n) is 8.61. The van der Waals surface area contributed by atoms with Gasteiger partial charge in [-0.05, 0) is 39.2 Å².